The number of esters is 1. The summed E-state index contributed by atoms with van der Waals surface area (Å²) in [6, 6.07) is 0. The van der Waals surface area contributed by atoms with Gasteiger partial charge in [0.2, 0.25) is 0 Å². The molecule has 21 heavy (non-hydrogen) atoms. The van der Waals surface area contributed by atoms with Crippen LogP contribution in [0.3, 0.4) is 0 Å². The normalized spacial score (nSPS) is 24.3. The molecule has 1 fully saturated rings. The molecular formula is C17H28O3S. The first kappa shape index (κ1) is 18.3. The minimum Gasteiger partial charge on any atom is -0.469 e. The molecule has 3 nitrogen and oxygen atoms in total. The Morgan fingerprint density at radius 3 is 2.71 bits per heavy atom. The average molecular weight is 312 g/mol. The van der Waals surface area contributed by atoms with Crippen LogP contribution in [0.15, 0.2) is 12.7 Å². The third kappa shape index (κ3) is 6.25. The van der Waals surface area contributed by atoms with Crippen LogP contribution in [0.2, 0.25) is 0 Å². The quantitative estimate of drug-likeness (QED) is 0.501. The van der Waals surface area contributed by atoms with Gasteiger partial charge in [-0.3, -0.25) is 9.59 Å². The summed E-state index contributed by atoms with van der Waals surface area (Å²) in [6.07, 6.45) is 6.75. The zero-order chi connectivity index (χ0) is 15.9. The van der Waals surface area contributed by atoms with Gasteiger partial charge >= 0.3 is 5.97 Å². The van der Waals surface area contributed by atoms with E-state index in [1.54, 1.807) is 11.8 Å². The Labute approximate surface area is 132 Å². The van der Waals surface area contributed by atoms with E-state index in [4.69, 9.17) is 0 Å². The molecule has 0 aromatic carbocycles. The van der Waals surface area contributed by atoms with E-state index >= 15 is 0 Å². The molecule has 4 heteroatoms. The fourth-order valence-electron chi connectivity index (χ4n) is 2.91. The van der Waals surface area contributed by atoms with E-state index in [0.29, 0.717) is 23.9 Å². The molecule has 0 aromatic heterocycles. The molecule has 0 aromatic rings. The predicted molar refractivity (Wildman–Crippen MR) is 88.4 cm³/mol. The fourth-order valence-corrected chi connectivity index (χ4v) is 4.26. The number of hydrogen-bond acceptors (Lipinski definition) is 4. The molecule has 0 saturated heterocycles. The number of carbonyl (C=O) groups excluding carboxylic acids is 2. The van der Waals surface area contributed by atoms with Gasteiger partial charge < -0.3 is 4.74 Å². The zero-order valence-electron chi connectivity index (χ0n) is 13.5. The van der Waals surface area contributed by atoms with Gasteiger partial charge in [-0.15, -0.1) is 6.58 Å². The van der Waals surface area contributed by atoms with Crippen molar-refractivity contribution in [2.45, 2.75) is 57.6 Å². The van der Waals surface area contributed by atoms with Gasteiger partial charge in [-0.25, -0.2) is 0 Å². The molecular weight excluding hydrogens is 284 g/mol. The lowest BCUT2D eigenvalue weighted by atomic mass is 9.70. The van der Waals surface area contributed by atoms with E-state index < -0.39 is 0 Å². The minimum absolute atomic E-state index is 0.122. The molecule has 0 N–H and O–H groups in total. The second-order valence-corrected chi connectivity index (χ2v) is 7.89. The van der Waals surface area contributed by atoms with Gasteiger partial charge in [0.05, 0.1) is 13.5 Å². The van der Waals surface area contributed by atoms with Crippen LogP contribution in [0.4, 0.5) is 0 Å². The van der Waals surface area contributed by atoms with Crippen LogP contribution < -0.4 is 0 Å². The van der Waals surface area contributed by atoms with Gasteiger partial charge in [0.25, 0.3) is 0 Å². The monoisotopic (exact) mass is 312 g/mol. The standard InChI is InChI=1S/C17H28O3S/c1-5-6-7-14(18)13-12-17(2,3)10-8-15(13)21-11-9-16(19)20-4/h5,13,15H,1,6-12H2,2-4H3. The van der Waals surface area contributed by atoms with E-state index in [0.717, 1.165) is 31.4 Å². The van der Waals surface area contributed by atoms with Crippen LogP contribution in [-0.4, -0.2) is 29.9 Å². The first-order valence-corrected chi connectivity index (χ1v) is 8.76. The number of ketones is 1. The second kappa shape index (κ2) is 8.62. The Kier molecular flexibility index (Phi) is 7.50. The van der Waals surface area contributed by atoms with Crippen molar-refractivity contribution in [3.8, 4) is 0 Å². The number of methoxy groups -OCH3 is 1. The number of Topliss-reactive ketones (excluding diaryl/α,β-unsaturated/α-hetero) is 1. The Hall–Kier alpha value is -0.770. The van der Waals surface area contributed by atoms with E-state index in [9.17, 15) is 9.59 Å². The molecule has 0 radical (unpaired) electrons. The first-order chi connectivity index (χ1) is 9.89. The highest BCUT2D eigenvalue weighted by atomic mass is 32.2. The number of rotatable bonds is 8. The van der Waals surface area contributed by atoms with Crippen molar-refractivity contribution >= 4 is 23.5 Å². The van der Waals surface area contributed by atoms with Crippen LogP contribution >= 0.6 is 11.8 Å². The number of thioether (sulfide) groups is 1. The van der Waals surface area contributed by atoms with Crippen molar-refractivity contribution in [3.05, 3.63) is 12.7 Å². The molecule has 1 aliphatic rings. The Balaban J connectivity index is 2.59. The molecule has 1 rings (SSSR count). The molecule has 2 unspecified atom stereocenters. The van der Waals surface area contributed by atoms with Gasteiger partial charge in [0.1, 0.15) is 5.78 Å². The minimum atomic E-state index is -0.173. The third-order valence-electron chi connectivity index (χ3n) is 4.20. The topological polar surface area (TPSA) is 43.4 Å². The van der Waals surface area contributed by atoms with E-state index in [1.807, 2.05) is 6.08 Å². The lowest BCUT2D eigenvalue weighted by Crippen LogP contribution is -2.36. The van der Waals surface area contributed by atoms with Crippen molar-refractivity contribution in [1.82, 2.24) is 0 Å². The largest absolute Gasteiger partial charge is 0.469 e. The summed E-state index contributed by atoms with van der Waals surface area (Å²) in [5.41, 5.74) is 0.244. The molecule has 0 bridgehead atoms. The number of carbonyl (C=O) groups is 2. The van der Waals surface area contributed by atoms with Crippen molar-refractivity contribution < 1.29 is 14.3 Å². The van der Waals surface area contributed by atoms with Gasteiger partial charge in [-0.2, -0.15) is 11.8 Å². The van der Waals surface area contributed by atoms with E-state index in [-0.39, 0.29) is 17.3 Å². The Bertz CT molecular complexity index is 376. The summed E-state index contributed by atoms with van der Waals surface area (Å²) in [5, 5.41) is 0.347. The molecule has 2 atom stereocenters. The number of ether oxygens (including phenoxy) is 1. The molecule has 1 saturated carbocycles. The van der Waals surface area contributed by atoms with Crippen molar-refractivity contribution in [2.75, 3.05) is 12.9 Å². The van der Waals surface area contributed by atoms with Gasteiger partial charge in [-0.1, -0.05) is 19.9 Å². The molecule has 120 valence electrons. The summed E-state index contributed by atoms with van der Waals surface area (Å²) in [5.74, 6) is 1.05. The van der Waals surface area contributed by atoms with Crippen LogP contribution in [0, 0.1) is 11.3 Å². The first-order valence-electron chi connectivity index (χ1n) is 7.71. The third-order valence-corrected chi connectivity index (χ3v) is 5.63. The summed E-state index contributed by atoms with van der Waals surface area (Å²) in [6.45, 7) is 8.19. The summed E-state index contributed by atoms with van der Waals surface area (Å²) >= 11 is 1.76. The Morgan fingerprint density at radius 1 is 1.38 bits per heavy atom. The van der Waals surface area contributed by atoms with Gasteiger partial charge in [0, 0.05) is 23.3 Å². The summed E-state index contributed by atoms with van der Waals surface area (Å²) in [4.78, 5) is 23.7. The van der Waals surface area contributed by atoms with Gasteiger partial charge in [-0.05, 0) is 31.1 Å². The van der Waals surface area contributed by atoms with Crippen molar-refractivity contribution in [1.29, 1.82) is 0 Å². The molecule has 0 spiro atoms. The molecule has 0 aliphatic heterocycles. The second-order valence-electron chi connectivity index (χ2n) is 6.54. The van der Waals surface area contributed by atoms with E-state index in [2.05, 4.69) is 25.2 Å². The molecule has 0 amide bonds. The average Bonchev–Trinajstić information content (AvgIpc) is 2.45. The maximum absolute atomic E-state index is 12.5. The summed E-state index contributed by atoms with van der Waals surface area (Å²) in [7, 11) is 1.41. The van der Waals surface area contributed by atoms with Gasteiger partial charge in [0.15, 0.2) is 0 Å². The molecule has 1 aliphatic carbocycles. The van der Waals surface area contributed by atoms with E-state index in [1.165, 1.54) is 7.11 Å². The number of allylic oxidation sites excluding steroid dienone is 1. The highest BCUT2D eigenvalue weighted by Gasteiger charge is 2.38. The highest BCUT2D eigenvalue weighted by molar-refractivity contribution is 7.99. The van der Waals surface area contributed by atoms with Crippen LogP contribution in [0.25, 0.3) is 0 Å². The Morgan fingerprint density at radius 2 is 2.10 bits per heavy atom. The van der Waals surface area contributed by atoms with Crippen molar-refractivity contribution in [3.63, 3.8) is 0 Å². The number of hydrogen-bond donors (Lipinski definition) is 0. The smallest absolute Gasteiger partial charge is 0.306 e. The van der Waals surface area contributed by atoms with Crippen LogP contribution in [0.1, 0.15) is 52.4 Å². The van der Waals surface area contributed by atoms with Crippen LogP contribution in [0.5, 0.6) is 0 Å². The highest BCUT2D eigenvalue weighted by Crippen LogP contribution is 2.44. The van der Waals surface area contributed by atoms with Crippen LogP contribution in [-0.2, 0) is 14.3 Å². The lowest BCUT2D eigenvalue weighted by Gasteiger charge is -2.39. The maximum Gasteiger partial charge on any atom is 0.306 e. The fraction of sp³-hybridized carbons (Fsp3) is 0.765. The molecule has 0 heterocycles. The SMILES string of the molecule is C=CCCC(=O)C1CC(C)(C)CCC1SCCC(=O)OC. The lowest BCUT2D eigenvalue weighted by molar-refractivity contribution is -0.140. The predicted octanol–water partition coefficient (Wildman–Crippen LogP) is 4.01. The van der Waals surface area contributed by atoms with Crippen molar-refractivity contribution in [2.24, 2.45) is 11.3 Å². The maximum atomic E-state index is 12.5. The summed E-state index contributed by atoms with van der Waals surface area (Å²) < 4.78 is 4.67. The zero-order valence-corrected chi connectivity index (χ0v) is 14.3.